The first-order valence-corrected chi connectivity index (χ1v) is 14.5. The SMILES string of the molecule is C#C.C/C(F)=C\C/C=C(\C)CC(C)NC=O.NC=O.O=C(OCc1ccc(C2CCCCC2)cc1)N1CCC(O)CC1. The molecule has 1 aromatic rings. The lowest BCUT2D eigenvalue weighted by Crippen LogP contribution is -2.40. The summed E-state index contributed by atoms with van der Waals surface area (Å²) < 4.78 is 17.7. The van der Waals surface area contributed by atoms with Gasteiger partial charge in [0.15, 0.2) is 0 Å². The molecule has 3 rings (SSSR count). The van der Waals surface area contributed by atoms with Gasteiger partial charge >= 0.3 is 6.09 Å². The van der Waals surface area contributed by atoms with Gasteiger partial charge in [0, 0.05) is 19.1 Å². The highest BCUT2D eigenvalue weighted by Gasteiger charge is 2.22. The Morgan fingerprint density at radius 3 is 2.19 bits per heavy atom. The summed E-state index contributed by atoms with van der Waals surface area (Å²) in [6.07, 6.45) is 21.3. The second-order valence-electron chi connectivity index (χ2n) is 10.5. The fourth-order valence-corrected chi connectivity index (χ4v) is 4.77. The molecule has 1 saturated heterocycles. The Hall–Kier alpha value is -3.64. The number of benzene rings is 1. The number of rotatable bonds is 9. The standard InChI is InChI=1S/C19H27NO3.C11H18FNO.C2H2.CH3NO/c21-18-10-12-20(13-11-18)19(22)23-14-15-6-8-17(9-7-15)16-4-2-1-3-5-16;1-9(5-4-6-10(2)12)7-11(3)13-8-14;1-2;2-1-3/h6-9,16,18,21H,1-5,10-14H2;5-6,8,11H,4,7H2,1-3H3,(H,13,14);1-2H;1H,(H2,2,3)/b;9-5+,10-6+;;. The first-order valence-electron chi connectivity index (χ1n) is 14.5. The van der Waals surface area contributed by atoms with Gasteiger partial charge in [-0.2, -0.15) is 0 Å². The van der Waals surface area contributed by atoms with Crippen LogP contribution >= 0.6 is 0 Å². The number of carbonyl (C=O) groups excluding carboxylic acids is 3. The summed E-state index contributed by atoms with van der Waals surface area (Å²) >= 11 is 0. The van der Waals surface area contributed by atoms with Crippen molar-refractivity contribution in [1.29, 1.82) is 0 Å². The molecule has 1 unspecified atom stereocenters. The van der Waals surface area contributed by atoms with E-state index in [9.17, 15) is 19.1 Å². The number of ether oxygens (including phenoxy) is 1. The molecule has 0 aromatic heterocycles. The highest BCUT2D eigenvalue weighted by molar-refractivity contribution is 5.67. The molecule has 2 fully saturated rings. The molecule has 2 aliphatic rings. The van der Waals surface area contributed by atoms with Crippen LogP contribution in [-0.4, -0.2) is 54.2 Å². The average Bonchev–Trinajstić information content (AvgIpc) is 2.99. The third kappa shape index (κ3) is 17.9. The van der Waals surface area contributed by atoms with E-state index in [0.29, 0.717) is 51.3 Å². The van der Waals surface area contributed by atoms with Crippen LogP contribution in [-0.2, 0) is 20.9 Å². The van der Waals surface area contributed by atoms with Gasteiger partial charge in [-0.25, -0.2) is 9.18 Å². The molecule has 8 nitrogen and oxygen atoms in total. The first kappa shape index (κ1) is 38.4. The topological polar surface area (TPSA) is 122 Å². The van der Waals surface area contributed by atoms with Gasteiger partial charge in [-0.3, -0.25) is 9.59 Å². The van der Waals surface area contributed by atoms with Crippen LogP contribution in [0, 0.1) is 12.8 Å². The van der Waals surface area contributed by atoms with Crippen molar-refractivity contribution in [3.63, 3.8) is 0 Å². The third-order valence-corrected chi connectivity index (χ3v) is 6.99. The van der Waals surface area contributed by atoms with Gasteiger partial charge in [0.25, 0.3) is 0 Å². The second kappa shape index (κ2) is 24.0. The van der Waals surface area contributed by atoms with Crippen LogP contribution in [0.4, 0.5) is 9.18 Å². The van der Waals surface area contributed by atoms with E-state index < -0.39 is 0 Å². The molecule has 0 radical (unpaired) electrons. The number of nitrogens with two attached hydrogens (primary N) is 1. The van der Waals surface area contributed by atoms with E-state index in [4.69, 9.17) is 9.53 Å². The number of carbonyl (C=O) groups is 3. The number of terminal acetylenes is 1. The van der Waals surface area contributed by atoms with Crippen LogP contribution in [0.2, 0.25) is 0 Å². The molecule has 1 aromatic carbocycles. The zero-order valence-electron chi connectivity index (χ0n) is 25.5. The van der Waals surface area contributed by atoms with Gasteiger partial charge in [0.2, 0.25) is 12.8 Å². The van der Waals surface area contributed by atoms with Gasteiger partial charge in [-0.1, -0.05) is 55.2 Å². The van der Waals surface area contributed by atoms with Gasteiger partial charge in [-0.05, 0) is 82.4 Å². The molecule has 42 heavy (non-hydrogen) atoms. The number of aliphatic hydroxyl groups excluding tert-OH is 1. The van der Waals surface area contributed by atoms with Crippen molar-refractivity contribution in [1.82, 2.24) is 10.2 Å². The Morgan fingerprint density at radius 2 is 1.67 bits per heavy atom. The fraction of sp³-hybridized carbons (Fsp3) is 0.545. The third-order valence-electron chi connectivity index (χ3n) is 6.99. The number of aliphatic hydroxyl groups is 1. The molecule has 1 atom stereocenters. The average molecular weight is 588 g/mol. The number of likely N-dealkylation sites (tertiary alicyclic amines) is 1. The summed E-state index contributed by atoms with van der Waals surface area (Å²) in [6.45, 7) is 6.83. The summed E-state index contributed by atoms with van der Waals surface area (Å²) in [5.41, 5.74) is 7.78. The molecule has 4 N–H and O–H groups in total. The normalized spacial score (nSPS) is 16.6. The number of nitrogens with zero attached hydrogens (tertiary/aromatic N) is 1. The number of allylic oxidation sites excluding steroid dienone is 3. The highest BCUT2D eigenvalue weighted by atomic mass is 19.1. The molecule has 9 heteroatoms. The Balaban J connectivity index is 0.000000761. The summed E-state index contributed by atoms with van der Waals surface area (Å²) in [4.78, 5) is 32.4. The molecule has 1 heterocycles. The monoisotopic (exact) mass is 587 g/mol. The molecule has 3 amide bonds. The summed E-state index contributed by atoms with van der Waals surface area (Å²) in [7, 11) is 0. The summed E-state index contributed by atoms with van der Waals surface area (Å²) in [6, 6.07) is 8.68. The van der Waals surface area contributed by atoms with Crippen molar-refractivity contribution >= 4 is 18.9 Å². The van der Waals surface area contributed by atoms with Crippen LogP contribution in [0.1, 0.15) is 95.6 Å². The number of halogens is 1. The number of hydrogen-bond donors (Lipinski definition) is 3. The van der Waals surface area contributed by atoms with Gasteiger partial charge in [0.05, 0.1) is 11.9 Å². The minimum atomic E-state index is -0.272. The molecule has 1 saturated carbocycles. The zero-order valence-corrected chi connectivity index (χ0v) is 25.5. The van der Waals surface area contributed by atoms with E-state index in [1.807, 2.05) is 19.9 Å². The van der Waals surface area contributed by atoms with E-state index in [1.54, 1.807) is 4.90 Å². The van der Waals surface area contributed by atoms with E-state index in [0.717, 1.165) is 17.6 Å². The number of primary amides is 1. The predicted octanol–water partition coefficient (Wildman–Crippen LogP) is 5.90. The molecular formula is C33H50FN3O5. The van der Waals surface area contributed by atoms with Crippen LogP contribution in [0.25, 0.3) is 0 Å². The molecule has 1 aliphatic heterocycles. The van der Waals surface area contributed by atoms with Crippen LogP contribution in [0.5, 0.6) is 0 Å². The predicted molar refractivity (Wildman–Crippen MR) is 166 cm³/mol. The van der Waals surface area contributed by atoms with Crippen molar-refractivity contribution in [3.05, 3.63) is 58.9 Å². The highest BCUT2D eigenvalue weighted by Crippen LogP contribution is 2.32. The Bertz CT molecular complexity index is 960. The molecule has 234 valence electrons. The summed E-state index contributed by atoms with van der Waals surface area (Å²) in [5, 5.41) is 12.1. The largest absolute Gasteiger partial charge is 0.445 e. The summed E-state index contributed by atoms with van der Waals surface area (Å²) in [5.74, 6) is 0.549. The number of nitrogens with one attached hydrogen (secondary N) is 1. The minimum Gasteiger partial charge on any atom is -0.445 e. The van der Waals surface area contributed by atoms with Crippen LogP contribution in [0.3, 0.4) is 0 Å². The van der Waals surface area contributed by atoms with E-state index in [-0.39, 0.29) is 30.5 Å². The lowest BCUT2D eigenvalue weighted by atomic mass is 9.84. The first-order chi connectivity index (χ1) is 20.2. The van der Waals surface area contributed by atoms with Crippen molar-refractivity contribution in [2.45, 2.75) is 103 Å². The van der Waals surface area contributed by atoms with Gasteiger partial charge in [-0.15, -0.1) is 12.8 Å². The van der Waals surface area contributed by atoms with Gasteiger partial charge < -0.3 is 25.8 Å². The minimum absolute atomic E-state index is 0.138. The van der Waals surface area contributed by atoms with E-state index in [2.05, 4.69) is 48.2 Å². The van der Waals surface area contributed by atoms with Crippen molar-refractivity contribution in [2.75, 3.05) is 13.1 Å². The van der Waals surface area contributed by atoms with Crippen LogP contribution in [0.15, 0.2) is 47.8 Å². The Labute approximate surface area is 251 Å². The fourth-order valence-electron chi connectivity index (χ4n) is 4.77. The molecule has 0 bridgehead atoms. The number of hydrogen-bond acceptors (Lipinski definition) is 5. The molecule has 1 aliphatic carbocycles. The smallest absolute Gasteiger partial charge is 0.410 e. The van der Waals surface area contributed by atoms with Crippen LogP contribution < -0.4 is 11.1 Å². The Kier molecular flexibility index (Phi) is 21.9. The maximum atomic E-state index is 12.3. The lowest BCUT2D eigenvalue weighted by Gasteiger charge is -2.28. The maximum absolute atomic E-state index is 12.3. The molecular weight excluding hydrogens is 537 g/mol. The van der Waals surface area contributed by atoms with Crippen molar-refractivity contribution in [3.8, 4) is 12.8 Å². The van der Waals surface area contributed by atoms with Gasteiger partial charge in [0.1, 0.15) is 6.61 Å². The number of piperidine rings is 1. The van der Waals surface area contributed by atoms with E-state index >= 15 is 0 Å². The Morgan fingerprint density at radius 1 is 1.10 bits per heavy atom. The second-order valence-corrected chi connectivity index (χ2v) is 10.5. The lowest BCUT2D eigenvalue weighted by molar-refractivity contribution is -0.110. The molecule has 0 spiro atoms. The maximum Gasteiger partial charge on any atom is 0.410 e. The quantitative estimate of drug-likeness (QED) is 0.189. The zero-order chi connectivity index (χ0) is 31.8. The number of amides is 3. The van der Waals surface area contributed by atoms with E-state index in [1.165, 1.54) is 50.7 Å². The van der Waals surface area contributed by atoms with Crippen molar-refractivity contribution in [2.24, 2.45) is 5.73 Å². The van der Waals surface area contributed by atoms with Crippen molar-refractivity contribution < 1.29 is 28.6 Å².